The Morgan fingerprint density at radius 1 is 0.581 bits per heavy atom. The molecule has 0 atom stereocenters. The van der Waals surface area contributed by atoms with Crippen molar-refractivity contribution in [2.24, 2.45) is 0 Å². The molecule has 1 aromatic heterocycles. The van der Waals surface area contributed by atoms with Gasteiger partial charge in [0, 0.05) is 11.4 Å². The monoisotopic (exact) mass is 434 g/mol. The van der Waals surface area contributed by atoms with Crippen molar-refractivity contribution in [2.45, 2.75) is 52.4 Å². The van der Waals surface area contributed by atoms with Crippen molar-refractivity contribution >= 4 is 34.5 Å². The Bertz CT molecular complexity index is 980. The number of benzene rings is 2. The first-order valence-corrected chi connectivity index (χ1v) is 11.2. The highest BCUT2D eigenvalue weighted by Gasteiger charge is 2.17. The summed E-state index contributed by atoms with van der Waals surface area (Å²) in [4.78, 5) is 26.2. The maximum absolute atomic E-state index is 12.6. The predicted octanol–water partition coefficient (Wildman–Crippen LogP) is 6.85. The number of rotatable bonds is 4. The average Bonchev–Trinajstić information content (AvgIpc) is 3.18. The van der Waals surface area contributed by atoms with Crippen LogP contribution in [0, 0.1) is 0 Å². The molecular formula is C26H30N2O2S. The van der Waals surface area contributed by atoms with Gasteiger partial charge in [-0.1, -0.05) is 65.8 Å². The maximum Gasteiger partial charge on any atom is 0.265 e. The standard InChI is InChI=1S/C26H30N2O2S/c1-25(2,3)17-7-11-19(12-8-17)27-23(29)21-15-16-22(31-21)24(30)28-20-13-9-18(10-14-20)26(4,5)6/h7-16H,1-6H3,(H,27,29)(H,28,30). The number of nitrogens with one attached hydrogen (secondary N) is 2. The number of hydrogen-bond donors (Lipinski definition) is 2. The molecule has 0 aliphatic heterocycles. The van der Waals surface area contributed by atoms with E-state index in [4.69, 9.17) is 0 Å². The van der Waals surface area contributed by atoms with Gasteiger partial charge in [0.1, 0.15) is 0 Å². The van der Waals surface area contributed by atoms with Crippen LogP contribution >= 0.6 is 11.3 Å². The van der Waals surface area contributed by atoms with E-state index in [2.05, 4.69) is 52.2 Å². The minimum Gasteiger partial charge on any atom is -0.321 e. The zero-order valence-electron chi connectivity index (χ0n) is 19.0. The molecule has 2 amide bonds. The van der Waals surface area contributed by atoms with Crippen LogP contribution in [-0.4, -0.2) is 11.8 Å². The molecule has 0 fully saturated rings. The minimum absolute atomic E-state index is 0.0611. The smallest absolute Gasteiger partial charge is 0.265 e. The third-order valence-electron chi connectivity index (χ3n) is 5.07. The van der Waals surface area contributed by atoms with Gasteiger partial charge in [-0.15, -0.1) is 11.3 Å². The van der Waals surface area contributed by atoms with Gasteiger partial charge in [0.25, 0.3) is 11.8 Å². The quantitative estimate of drug-likeness (QED) is 0.472. The third kappa shape index (κ3) is 5.82. The van der Waals surface area contributed by atoms with Crippen molar-refractivity contribution in [2.75, 3.05) is 10.6 Å². The summed E-state index contributed by atoms with van der Waals surface area (Å²) in [6, 6.07) is 19.1. The second-order valence-corrected chi connectivity index (χ2v) is 10.8. The van der Waals surface area contributed by atoms with E-state index in [0.717, 1.165) is 11.4 Å². The summed E-state index contributed by atoms with van der Waals surface area (Å²) in [5, 5.41) is 5.80. The molecule has 2 N–H and O–H groups in total. The van der Waals surface area contributed by atoms with Crippen LogP contribution in [0.1, 0.15) is 72.0 Å². The van der Waals surface area contributed by atoms with Gasteiger partial charge in [0.15, 0.2) is 0 Å². The van der Waals surface area contributed by atoms with Gasteiger partial charge in [-0.2, -0.15) is 0 Å². The molecule has 3 rings (SSSR count). The van der Waals surface area contributed by atoms with Crippen LogP contribution in [0.4, 0.5) is 11.4 Å². The van der Waals surface area contributed by atoms with Crippen molar-refractivity contribution in [3.05, 3.63) is 81.5 Å². The van der Waals surface area contributed by atoms with Gasteiger partial charge in [-0.25, -0.2) is 0 Å². The van der Waals surface area contributed by atoms with Crippen LogP contribution in [0.2, 0.25) is 0 Å². The van der Waals surface area contributed by atoms with Crippen LogP contribution < -0.4 is 10.6 Å². The molecule has 31 heavy (non-hydrogen) atoms. The normalized spacial score (nSPS) is 11.8. The van der Waals surface area contributed by atoms with Crippen LogP contribution in [-0.2, 0) is 10.8 Å². The molecule has 0 saturated carbocycles. The summed E-state index contributed by atoms with van der Waals surface area (Å²) >= 11 is 1.18. The Kier molecular flexibility index (Phi) is 6.37. The van der Waals surface area contributed by atoms with Crippen LogP contribution in [0.3, 0.4) is 0 Å². The molecule has 0 aliphatic rings. The van der Waals surface area contributed by atoms with E-state index in [1.165, 1.54) is 22.5 Å². The molecule has 4 nitrogen and oxygen atoms in total. The Hall–Kier alpha value is -2.92. The average molecular weight is 435 g/mol. The maximum atomic E-state index is 12.6. The van der Waals surface area contributed by atoms with Gasteiger partial charge < -0.3 is 10.6 Å². The zero-order chi connectivity index (χ0) is 22.8. The highest BCUT2D eigenvalue weighted by Crippen LogP contribution is 2.26. The number of amides is 2. The van der Waals surface area contributed by atoms with Crippen LogP contribution in [0.25, 0.3) is 0 Å². The highest BCUT2D eigenvalue weighted by molar-refractivity contribution is 7.16. The van der Waals surface area contributed by atoms with Crippen LogP contribution in [0.5, 0.6) is 0 Å². The molecule has 0 unspecified atom stereocenters. The van der Waals surface area contributed by atoms with Crippen molar-refractivity contribution in [3.8, 4) is 0 Å². The summed E-state index contributed by atoms with van der Waals surface area (Å²) in [5.41, 5.74) is 4.00. The van der Waals surface area contributed by atoms with E-state index in [9.17, 15) is 9.59 Å². The summed E-state index contributed by atoms with van der Waals surface area (Å²) in [5.74, 6) is -0.441. The SMILES string of the molecule is CC(C)(C)c1ccc(NC(=O)c2ccc(C(=O)Nc3ccc(C(C)(C)C)cc3)s2)cc1. The third-order valence-corrected chi connectivity index (χ3v) is 6.15. The molecule has 0 radical (unpaired) electrons. The lowest BCUT2D eigenvalue weighted by molar-refractivity contribution is 0.102. The van der Waals surface area contributed by atoms with E-state index >= 15 is 0 Å². The van der Waals surface area contributed by atoms with Gasteiger partial charge in [0.05, 0.1) is 9.75 Å². The Labute approximate surface area is 188 Å². The Balaban J connectivity index is 1.63. The molecular weight excluding hydrogens is 404 g/mol. The topological polar surface area (TPSA) is 58.2 Å². The highest BCUT2D eigenvalue weighted by atomic mass is 32.1. The van der Waals surface area contributed by atoms with Crippen molar-refractivity contribution in [1.29, 1.82) is 0 Å². The van der Waals surface area contributed by atoms with E-state index in [1.807, 2.05) is 48.5 Å². The molecule has 1 heterocycles. The fourth-order valence-corrected chi connectivity index (χ4v) is 3.87. The van der Waals surface area contributed by atoms with E-state index < -0.39 is 0 Å². The lowest BCUT2D eigenvalue weighted by Crippen LogP contribution is -2.13. The fraction of sp³-hybridized carbons (Fsp3) is 0.308. The fourth-order valence-electron chi connectivity index (χ4n) is 3.07. The Morgan fingerprint density at radius 2 is 0.903 bits per heavy atom. The molecule has 162 valence electrons. The van der Waals surface area contributed by atoms with Crippen molar-refractivity contribution < 1.29 is 9.59 Å². The lowest BCUT2D eigenvalue weighted by atomic mass is 9.87. The van der Waals surface area contributed by atoms with Crippen molar-refractivity contribution in [1.82, 2.24) is 0 Å². The lowest BCUT2D eigenvalue weighted by Gasteiger charge is -2.19. The van der Waals surface area contributed by atoms with Gasteiger partial charge in [0.2, 0.25) is 0 Å². The second kappa shape index (κ2) is 8.67. The first kappa shape index (κ1) is 22.8. The molecule has 3 aromatic rings. The van der Waals surface area contributed by atoms with Crippen molar-refractivity contribution in [3.63, 3.8) is 0 Å². The van der Waals surface area contributed by atoms with E-state index in [-0.39, 0.29) is 22.6 Å². The minimum atomic E-state index is -0.220. The molecule has 2 aromatic carbocycles. The van der Waals surface area contributed by atoms with Crippen LogP contribution in [0.15, 0.2) is 60.7 Å². The molecule has 0 spiro atoms. The van der Waals surface area contributed by atoms with Gasteiger partial charge in [-0.3, -0.25) is 9.59 Å². The molecule has 5 heteroatoms. The zero-order valence-corrected chi connectivity index (χ0v) is 19.8. The molecule has 0 aliphatic carbocycles. The van der Waals surface area contributed by atoms with Gasteiger partial charge >= 0.3 is 0 Å². The number of carbonyl (C=O) groups is 2. The molecule has 0 saturated heterocycles. The van der Waals surface area contributed by atoms with Gasteiger partial charge in [-0.05, 0) is 58.4 Å². The summed E-state index contributed by atoms with van der Waals surface area (Å²) in [6.45, 7) is 12.9. The summed E-state index contributed by atoms with van der Waals surface area (Å²) in [7, 11) is 0. The summed E-state index contributed by atoms with van der Waals surface area (Å²) in [6.07, 6.45) is 0. The van der Waals surface area contributed by atoms with E-state index in [0.29, 0.717) is 9.75 Å². The number of hydrogen-bond acceptors (Lipinski definition) is 3. The number of thiophene rings is 1. The summed E-state index contributed by atoms with van der Waals surface area (Å²) < 4.78 is 0. The largest absolute Gasteiger partial charge is 0.321 e. The molecule has 0 bridgehead atoms. The Morgan fingerprint density at radius 3 is 1.19 bits per heavy atom. The predicted molar refractivity (Wildman–Crippen MR) is 131 cm³/mol. The first-order valence-electron chi connectivity index (χ1n) is 10.4. The first-order chi connectivity index (χ1) is 14.4. The van der Waals surface area contributed by atoms with E-state index in [1.54, 1.807) is 12.1 Å². The second-order valence-electron chi connectivity index (χ2n) is 9.73. The number of anilines is 2. The number of carbonyl (C=O) groups excluding carboxylic acids is 2.